The van der Waals surface area contributed by atoms with Crippen LogP contribution in [0.3, 0.4) is 0 Å². The third kappa shape index (κ3) is 4.06. The first-order valence-corrected chi connectivity index (χ1v) is 6.79. The average molecular weight is 291 g/mol. The largest absolute Gasteiger partial charge is 0.350 e. The maximum absolute atomic E-state index is 11.7. The van der Waals surface area contributed by atoms with E-state index in [-0.39, 0.29) is 18.0 Å². The second kappa shape index (κ2) is 6.67. The van der Waals surface area contributed by atoms with Gasteiger partial charge < -0.3 is 15.6 Å². The molecule has 6 nitrogen and oxygen atoms in total. The molecule has 0 aliphatic heterocycles. The number of hydrogen-bond donors (Lipinski definition) is 3. The van der Waals surface area contributed by atoms with Crippen molar-refractivity contribution in [3.8, 4) is 0 Å². The normalized spacial score (nSPS) is 10.0. The van der Waals surface area contributed by atoms with Crippen molar-refractivity contribution in [2.24, 2.45) is 0 Å². The summed E-state index contributed by atoms with van der Waals surface area (Å²) in [5, 5.41) is 7.11. The van der Waals surface area contributed by atoms with Gasteiger partial charge in [-0.3, -0.25) is 14.4 Å². The molecule has 0 atom stereocenters. The van der Waals surface area contributed by atoms with E-state index in [1.807, 2.05) is 17.5 Å². The number of amides is 2. The second-order valence-electron chi connectivity index (χ2n) is 3.98. The molecule has 2 aromatic rings. The lowest BCUT2D eigenvalue weighted by Crippen LogP contribution is -2.36. The number of carbonyl (C=O) groups is 2. The number of H-pyrrole nitrogens is 1. The van der Waals surface area contributed by atoms with Crippen LogP contribution in [0, 0.1) is 0 Å². The minimum atomic E-state index is -0.410. The molecule has 0 aliphatic rings. The van der Waals surface area contributed by atoms with E-state index < -0.39 is 5.91 Å². The number of pyridine rings is 1. The van der Waals surface area contributed by atoms with Crippen molar-refractivity contribution in [2.75, 3.05) is 6.54 Å². The summed E-state index contributed by atoms with van der Waals surface area (Å²) in [5.74, 6) is -0.677. The third-order valence-corrected chi connectivity index (χ3v) is 3.37. The van der Waals surface area contributed by atoms with Gasteiger partial charge in [-0.1, -0.05) is 6.07 Å². The van der Waals surface area contributed by atoms with Crippen molar-refractivity contribution in [2.45, 2.75) is 6.54 Å². The van der Waals surface area contributed by atoms with Crippen molar-refractivity contribution in [3.05, 3.63) is 56.6 Å². The molecule has 2 amide bonds. The molecule has 0 saturated heterocycles. The highest BCUT2D eigenvalue weighted by atomic mass is 32.1. The second-order valence-corrected chi connectivity index (χ2v) is 5.01. The molecule has 0 saturated carbocycles. The first-order valence-electron chi connectivity index (χ1n) is 5.91. The Hall–Kier alpha value is -2.41. The number of thiophene rings is 1. The van der Waals surface area contributed by atoms with E-state index in [9.17, 15) is 14.4 Å². The molecule has 3 N–H and O–H groups in total. The lowest BCUT2D eigenvalue weighted by atomic mass is 10.2. The van der Waals surface area contributed by atoms with Crippen molar-refractivity contribution in [3.63, 3.8) is 0 Å². The van der Waals surface area contributed by atoms with Crippen molar-refractivity contribution in [1.82, 2.24) is 15.6 Å². The summed E-state index contributed by atoms with van der Waals surface area (Å²) in [6, 6.07) is 6.48. The maximum Gasteiger partial charge on any atom is 0.253 e. The number of nitrogens with one attached hydrogen (secondary N) is 3. The van der Waals surface area contributed by atoms with Crippen LogP contribution in [0.1, 0.15) is 15.2 Å². The Morgan fingerprint density at radius 1 is 1.20 bits per heavy atom. The first kappa shape index (κ1) is 14.0. The SMILES string of the molecule is O=C(CNC(=O)c1ccc(=O)[nH]c1)NCc1cccs1. The average Bonchev–Trinajstić information content (AvgIpc) is 2.96. The number of rotatable bonds is 5. The van der Waals surface area contributed by atoms with Crippen LogP contribution in [0.2, 0.25) is 0 Å². The quantitative estimate of drug-likeness (QED) is 0.748. The number of hydrogen-bond acceptors (Lipinski definition) is 4. The molecule has 2 heterocycles. The zero-order valence-electron chi connectivity index (χ0n) is 10.5. The topological polar surface area (TPSA) is 91.1 Å². The van der Waals surface area contributed by atoms with E-state index in [0.717, 1.165) is 4.88 Å². The molecule has 0 spiro atoms. The molecule has 0 aromatic carbocycles. The van der Waals surface area contributed by atoms with Gasteiger partial charge in [0.15, 0.2) is 0 Å². The van der Waals surface area contributed by atoms with Crippen LogP contribution < -0.4 is 16.2 Å². The Morgan fingerprint density at radius 2 is 2.05 bits per heavy atom. The summed E-state index contributed by atoms with van der Waals surface area (Å²) in [6.07, 6.45) is 1.31. The summed E-state index contributed by atoms with van der Waals surface area (Å²) in [5.41, 5.74) is 0.0193. The monoisotopic (exact) mass is 291 g/mol. The van der Waals surface area contributed by atoms with Crippen molar-refractivity contribution in [1.29, 1.82) is 0 Å². The Bertz CT molecular complexity index is 629. The molecule has 7 heteroatoms. The zero-order chi connectivity index (χ0) is 14.4. The van der Waals surface area contributed by atoms with Gasteiger partial charge in [0.2, 0.25) is 11.5 Å². The molecular formula is C13H13N3O3S. The fourth-order valence-electron chi connectivity index (χ4n) is 1.48. The molecule has 0 fully saturated rings. The minimum Gasteiger partial charge on any atom is -0.350 e. The van der Waals surface area contributed by atoms with E-state index in [2.05, 4.69) is 15.6 Å². The Labute approximate surface area is 118 Å². The predicted octanol–water partition coefficient (Wildman–Crippen LogP) is 0.483. The lowest BCUT2D eigenvalue weighted by molar-refractivity contribution is -0.120. The van der Waals surface area contributed by atoms with Gasteiger partial charge in [-0.2, -0.15) is 0 Å². The third-order valence-electron chi connectivity index (χ3n) is 2.50. The fraction of sp³-hybridized carbons (Fsp3) is 0.154. The van der Waals surface area contributed by atoms with E-state index in [4.69, 9.17) is 0 Å². The van der Waals surface area contributed by atoms with E-state index >= 15 is 0 Å². The van der Waals surface area contributed by atoms with Crippen LogP contribution in [0.15, 0.2) is 40.6 Å². The highest BCUT2D eigenvalue weighted by Gasteiger charge is 2.07. The maximum atomic E-state index is 11.7. The number of aromatic nitrogens is 1. The number of carbonyl (C=O) groups excluding carboxylic acids is 2. The molecular weight excluding hydrogens is 278 g/mol. The van der Waals surface area contributed by atoms with Gasteiger partial charge in [0.25, 0.3) is 5.91 Å². The Morgan fingerprint density at radius 3 is 2.70 bits per heavy atom. The van der Waals surface area contributed by atoms with Gasteiger partial charge >= 0.3 is 0 Å². The van der Waals surface area contributed by atoms with Gasteiger partial charge in [0.05, 0.1) is 18.7 Å². The molecule has 0 bridgehead atoms. The van der Waals surface area contributed by atoms with E-state index in [0.29, 0.717) is 12.1 Å². The summed E-state index contributed by atoms with van der Waals surface area (Å²) >= 11 is 1.55. The van der Waals surface area contributed by atoms with Gasteiger partial charge in [-0.15, -0.1) is 11.3 Å². The molecule has 2 aromatic heterocycles. The predicted molar refractivity (Wildman–Crippen MR) is 75.6 cm³/mol. The van der Waals surface area contributed by atoms with Gasteiger partial charge in [-0.05, 0) is 17.5 Å². The van der Waals surface area contributed by atoms with Crippen LogP contribution in [-0.2, 0) is 11.3 Å². The fourth-order valence-corrected chi connectivity index (χ4v) is 2.12. The van der Waals surface area contributed by atoms with Crippen LogP contribution in [0.5, 0.6) is 0 Å². The smallest absolute Gasteiger partial charge is 0.253 e. The highest BCUT2D eigenvalue weighted by molar-refractivity contribution is 7.09. The Balaban J connectivity index is 1.76. The summed E-state index contributed by atoms with van der Waals surface area (Å²) in [7, 11) is 0. The standard InChI is InChI=1S/C13H13N3O3S/c17-11-4-3-9(6-14-11)13(19)16-8-12(18)15-7-10-2-1-5-20-10/h1-6H,7-8H2,(H,14,17)(H,15,18)(H,16,19). The first-order chi connectivity index (χ1) is 9.65. The van der Waals surface area contributed by atoms with Crippen LogP contribution >= 0.6 is 11.3 Å². The van der Waals surface area contributed by atoms with Crippen LogP contribution in [-0.4, -0.2) is 23.3 Å². The summed E-state index contributed by atoms with van der Waals surface area (Å²) in [4.78, 5) is 37.5. The van der Waals surface area contributed by atoms with Gasteiger partial charge in [0.1, 0.15) is 0 Å². The van der Waals surface area contributed by atoms with Crippen molar-refractivity contribution >= 4 is 23.2 Å². The van der Waals surface area contributed by atoms with Gasteiger partial charge in [0, 0.05) is 17.1 Å². The van der Waals surface area contributed by atoms with Crippen LogP contribution in [0.25, 0.3) is 0 Å². The lowest BCUT2D eigenvalue weighted by Gasteiger charge is -2.06. The minimum absolute atomic E-state index is 0.108. The molecule has 0 aliphatic carbocycles. The number of aromatic amines is 1. The molecule has 0 radical (unpaired) electrons. The van der Waals surface area contributed by atoms with E-state index in [1.165, 1.54) is 18.3 Å². The van der Waals surface area contributed by atoms with Crippen molar-refractivity contribution < 1.29 is 9.59 Å². The molecule has 104 valence electrons. The van der Waals surface area contributed by atoms with E-state index in [1.54, 1.807) is 11.3 Å². The summed E-state index contributed by atoms with van der Waals surface area (Å²) < 4.78 is 0. The Kier molecular flexibility index (Phi) is 4.67. The van der Waals surface area contributed by atoms with Crippen LogP contribution in [0.4, 0.5) is 0 Å². The molecule has 20 heavy (non-hydrogen) atoms. The molecule has 0 unspecified atom stereocenters. The molecule has 2 rings (SSSR count). The zero-order valence-corrected chi connectivity index (χ0v) is 11.3. The van der Waals surface area contributed by atoms with Gasteiger partial charge in [-0.25, -0.2) is 0 Å². The highest BCUT2D eigenvalue weighted by Crippen LogP contribution is 2.06. The summed E-state index contributed by atoms with van der Waals surface area (Å²) in [6.45, 7) is 0.342.